The number of aromatic nitrogens is 1. The lowest BCUT2D eigenvalue weighted by Gasteiger charge is -2.32. The van der Waals surface area contributed by atoms with Crippen molar-refractivity contribution in [1.82, 2.24) is 10.3 Å². The van der Waals surface area contributed by atoms with Crippen molar-refractivity contribution in [2.75, 3.05) is 5.32 Å². The van der Waals surface area contributed by atoms with Gasteiger partial charge in [0.1, 0.15) is 23.5 Å². The number of carbonyl (C=O) groups is 1. The monoisotopic (exact) mass is 518 g/mol. The van der Waals surface area contributed by atoms with E-state index in [1.54, 1.807) is 31.2 Å². The molecule has 10 heteroatoms. The van der Waals surface area contributed by atoms with E-state index in [2.05, 4.69) is 15.6 Å². The highest BCUT2D eigenvalue weighted by Crippen LogP contribution is 2.36. The number of anilines is 1. The molecule has 4 rings (SSSR count). The minimum Gasteiger partial charge on any atom is -0.399 e. The van der Waals surface area contributed by atoms with E-state index in [0.29, 0.717) is 16.6 Å². The van der Waals surface area contributed by atoms with E-state index < -0.39 is 36.1 Å². The zero-order valence-corrected chi connectivity index (χ0v) is 21.9. The fourth-order valence-electron chi connectivity index (χ4n) is 3.96. The van der Waals surface area contributed by atoms with Gasteiger partial charge in [-0.25, -0.2) is 13.8 Å². The number of nitrogens with one attached hydrogen (secondary N) is 2. The van der Waals surface area contributed by atoms with Crippen LogP contribution < -0.4 is 16.1 Å². The average Bonchev–Trinajstić information content (AvgIpc) is 3.10. The number of hydrogen-bond donors (Lipinski definition) is 2. The van der Waals surface area contributed by atoms with Crippen LogP contribution in [0.5, 0.6) is 0 Å². The number of pyridine rings is 1. The molecule has 1 amide bonds. The number of rotatable bonds is 7. The molecule has 1 saturated heterocycles. The van der Waals surface area contributed by atoms with Crippen molar-refractivity contribution in [3.63, 3.8) is 0 Å². The summed E-state index contributed by atoms with van der Waals surface area (Å²) in [5, 5.41) is 15.1. The summed E-state index contributed by atoms with van der Waals surface area (Å²) in [6, 6.07) is 13.5. The Morgan fingerprint density at radius 2 is 1.74 bits per heavy atom. The van der Waals surface area contributed by atoms with E-state index in [1.165, 1.54) is 30.5 Å². The number of carbonyl (C=O) groups excluding carboxylic acids is 1. The quantitative estimate of drug-likeness (QED) is 0.443. The maximum Gasteiger partial charge on any atom is 0.494 e. The van der Waals surface area contributed by atoms with Crippen molar-refractivity contribution < 1.29 is 22.9 Å². The molecule has 0 radical (unpaired) electrons. The molecule has 2 aromatic carbocycles. The van der Waals surface area contributed by atoms with E-state index in [0.717, 1.165) is 0 Å². The first-order chi connectivity index (χ1) is 17.9. The molecule has 7 nitrogen and oxygen atoms in total. The minimum absolute atomic E-state index is 0.0438. The van der Waals surface area contributed by atoms with E-state index in [4.69, 9.17) is 9.31 Å². The van der Waals surface area contributed by atoms with E-state index in [-0.39, 0.29) is 29.3 Å². The highest BCUT2D eigenvalue weighted by atomic mass is 19.1. The minimum atomic E-state index is -0.685. The van der Waals surface area contributed by atoms with Gasteiger partial charge in [-0.3, -0.25) is 4.79 Å². The van der Waals surface area contributed by atoms with Gasteiger partial charge >= 0.3 is 7.12 Å². The Bertz CT molecular complexity index is 1370. The maximum atomic E-state index is 15.0. The van der Waals surface area contributed by atoms with E-state index >= 15 is 4.39 Å². The summed E-state index contributed by atoms with van der Waals surface area (Å²) in [7, 11) is -0.685. The summed E-state index contributed by atoms with van der Waals surface area (Å²) in [6.07, 6.45) is 1.33. The van der Waals surface area contributed by atoms with Gasteiger partial charge in [0.15, 0.2) is 0 Å². The first-order valence-electron chi connectivity index (χ1n) is 12.2. The van der Waals surface area contributed by atoms with Crippen molar-refractivity contribution in [1.29, 1.82) is 5.26 Å². The second-order valence-electron chi connectivity index (χ2n) is 10.3. The number of amides is 1. The van der Waals surface area contributed by atoms with Crippen molar-refractivity contribution in [3.8, 4) is 6.07 Å². The third-order valence-electron chi connectivity index (χ3n) is 7.03. The number of halogens is 2. The molecule has 1 aliphatic heterocycles. The van der Waals surface area contributed by atoms with Crippen LogP contribution in [0, 0.1) is 23.0 Å². The molecule has 3 aromatic rings. The Labute approximate surface area is 221 Å². The van der Waals surface area contributed by atoms with Crippen molar-refractivity contribution in [2.24, 2.45) is 0 Å². The first kappa shape index (κ1) is 27.2. The lowest BCUT2D eigenvalue weighted by atomic mass is 9.78. The molecule has 1 aromatic heterocycles. The zero-order valence-electron chi connectivity index (χ0n) is 21.9. The summed E-state index contributed by atoms with van der Waals surface area (Å²) in [5.74, 6) is -1.12. The molecule has 0 bridgehead atoms. The lowest BCUT2D eigenvalue weighted by Crippen LogP contribution is -2.41. The van der Waals surface area contributed by atoms with Crippen molar-refractivity contribution in [3.05, 3.63) is 88.6 Å². The molecule has 196 valence electrons. The molecule has 1 aliphatic rings. The maximum absolute atomic E-state index is 15.0. The van der Waals surface area contributed by atoms with Crippen LogP contribution in [0.25, 0.3) is 0 Å². The molecular formula is C28H29BF2N4O3. The predicted octanol–water partition coefficient (Wildman–Crippen LogP) is 4.63. The third-order valence-corrected chi connectivity index (χ3v) is 7.03. The fraction of sp³-hybridized carbons (Fsp3) is 0.321. The molecule has 1 unspecified atom stereocenters. The Balaban J connectivity index is 1.49. The average molecular weight is 518 g/mol. The summed E-state index contributed by atoms with van der Waals surface area (Å²) < 4.78 is 40.3. The molecule has 2 N–H and O–H groups in total. The van der Waals surface area contributed by atoms with Gasteiger partial charge < -0.3 is 19.9 Å². The second kappa shape index (κ2) is 10.5. The number of hydrogen-bond acceptors (Lipinski definition) is 6. The largest absolute Gasteiger partial charge is 0.494 e. The topological polar surface area (TPSA) is 96.3 Å². The Hall–Kier alpha value is -3.81. The van der Waals surface area contributed by atoms with Crippen LogP contribution in [0.1, 0.15) is 67.7 Å². The number of nitrogens with zero attached hydrogens (tertiary/aromatic N) is 2. The van der Waals surface area contributed by atoms with Gasteiger partial charge in [-0.15, -0.1) is 0 Å². The first-order valence-corrected chi connectivity index (χ1v) is 12.2. The van der Waals surface area contributed by atoms with Gasteiger partial charge in [-0.1, -0.05) is 24.3 Å². The van der Waals surface area contributed by atoms with Crippen LogP contribution in [0.4, 0.5) is 14.6 Å². The predicted molar refractivity (Wildman–Crippen MR) is 141 cm³/mol. The van der Waals surface area contributed by atoms with Gasteiger partial charge in [0.05, 0.1) is 28.4 Å². The fourth-order valence-corrected chi connectivity index (χ4v) is 3.96. The van der Waals surface area contributed by atoms with Crippen LogP contribution >= 0.6 is 0 Å². The SMILES string of the molecule is CC(NC(=O)c1cc(C#N)cnc1NCc1ccc(B2OC(C)(C)C(C)(C)O2)cc1F)c1ccc(F)cc1. The Morgan fingerprint density at radius 3 is 2.34 bits per heavy atom. The number of benzene rings is 2. The van der Waals surface area contributed by atoms with Gasteiger partial charge in [-0.05, 0) is 69.9 Å². The molecule has 38 heavy (non-hydrogen) atoms. The molecular weight excluding hydrogens is 489 g/mol. The Morgan fingerprint density at radius 1 is 1.08 bits per heavy atom. The van der Waals surface area contributed by atoms with Crippen LogP contribution in [0.3, 0.4) is 0 Å². The summed E-state index contributed by atoms with van der Waals surface area (Å²) in [4.78, 5) is 17.3. The molecule has 0 saturated carbocycles. The van der Waals surface area contributed by atoms with E-state index in [9.17, 15) is 14.4 Å². The molecule has 2 heterocycles. The highest BCUT2D eigenvalue weighted by Gasteiger charge is 2.51. The van der Waals surface area contributed by atoms with Crippen molar-refractivity contribution >= 4 is 24.3 Å². The van der Waals surface area contributed by atoms with Gasteiger partial charge in [0.25, 0.3) is 5.91 Å². The van der Waals surface area contributed by atoms with Gasteiger partial charge in [0, 0.05) is 18.3 Å². The summed E-state index contributed by atoms with van der Waals surface area (Å²) >= 11 is 0. The highest BCUT2D eigenvalue weighted by molar-refractivity contribution is 6.62. The normalized spacial score (nSPS) is 16.5. The third kappa shape index (κ3) is 5.69. The summed E-state index contributed by atoms with van der Waals surface area (Å²) in [5.41, 5.74) is 0.878. The van der Waals surface area contributed by atoms with Crippen LogP contribution in [-0.2, 0) is 15.9 Å². The van der Waals surface area contributed by atoms with Crippen LogP contribution in [0.15, 0.2) is 54.7 Å². The van der Waals surface area contributed by atoms with Crippen LogP contribution in [0.2, 0.25) is 0 Å². The zero-order chi connectivity index (χ0) is 27.7. The van der Waals surface area contributed by atoms with E-state index in [1.807, 2.05) is 33.8 Å². The standard InChI is InChI=1S/C28H29BF2N4O3/c1-17(19-7-10-22(30)11-8-19)35-26(36)23-12-18(14-32)15-33-25(23)34-16-20-6-9-21(13-24(20)31)29-37-27(2,3)28(4,5)38-29/h6-13,15,17H,16H2,1-5H3,(H,33,34)(H,35,36). The van der Waals surface area contributed by atoms with Gasteiger partial charge in [0.2, 0.25) is 0 Å². The Kier molecular flexibility index (Phi) is 7.54. The second-order valence-corrected chi connectivity index (χ2v) is 10.3. The smallest absolute Gasteiger partial charge is 0.399 e. The number of nitriles is 1. The van der Waals surface area contributed by atoms with Crippen LogP contribution in [-0.4, -0.2) is 29.2 Å². The molecule has 1 atom stereocenters. The molecule has 0 spiro atoms. The summed E-state index contributed by atoms with van der Waals surface area (Å²) in [6.45, 7) is 9.53. The van der Waals surface area contributed by atoms with Crippen molar-refractivity contribution in [2.45, 2.75) is 58.4 Å². The molecule has 0 aliphatic carbocycles. The van der Waals surface area contributed by atoms with Gasteiger partial charge in [-0.2, -0.15) is 5.26 Å². The lowest BCUT2D eigenvalue weighted by molar-refractivity contribution is 0.00578. The molecule has 1 fully saturated rings.